The molecular formula is C17H17ClFN3O4S. The minimum atomic E-state index is -3.61. The fraction of sp³-hybridized carbons (Fsp3) is 0.294. The van der Waals surface area contributed by atoms with E-state index in [1.807, 2.05) is 0 Å². The van der Waals surface area contributed by atoms with Crippen molar-refractivity contribution in [3.8, 4) is 5.75 Å². The predicted octanol–water partition coefficient (Wildman–Crippen LogP) is 3.39. The molecule has 10 heteroatoms. The Kier molecular flexibility index (Phi) is 4.55. The number of nitrogens with zero attached hydrogens (tertiary/aromatic N) is 2. The van der Waals surface area contributed by atoms with E-state index in [2.05, 4.69) is 9.71 Å². The monoisotopic (exact) mass is 413 g/mol. The molecule has 1 aliphatic rings. The van der Waals surface area contributed by atoms with Crippen molar-refractivity contribution < 1.29 is 22.3 Å². The Morgan fingerprint density at radius 1 is 1.30 bits per heavy atom. The van der Waals surface area contributed by atoms with E-state index in [1.54, 1.807) is 26.8 Å². The lowest BCUT2D eigenvalue weighted by molar-refractivity contribution is -0.131. The van der Waals surface area contributed by atoms with Crippen molar-refractivity contribution in [3.63, 3.8) is 0 Å². The van der Waals surface area contributed by atoms with Crippen LogP contribution in [0.2, 0.25) is 5.15 Å². The quantitative estimate of drug-likeness (QED) is 0.779. The van der Waals surface area contributed by atoms with Crippen LogP contribution >= 0.6 is 11.6 Å². The van der Waals surface area contributed by atoms with Gasteiger partial charge in [0.1, 0.15) is 16.6 Å². The number of halogens is 2. The van der Waals surface area contributed by atoms with Gasteiger partial charge in [-0.1, -0.05) is 11.6 Å². The molecule has 144 valence electrons. The number of nitrogens with one attached hydrogen (secondary N) is 1. The minimum Gasteiger partial charge on any atom is -0.476 e. The molecule has 0 radical (unpaired) electrons. The number of hydrogen-bond donors (Lipinski definition) is 1. The van der Waals surface area contributed by atoms with Crippen LogP contribution in [-0.4, -0.2) is 31.2 Å². The first kappa shape index (κ1) is 19.4. The number of aromatic nitrogens is 1. The Morgan fingerprint density at radius 2 is 1.96 bits per heavy atom. The molecule has 3 rings (SSSR count). The first-order valence-electron chi connectivity index (χ1n) is 7.87. The van der Waals surface area contributed by atoms with E-state index in [0.29, 0.717) is 11.4 Å². The van der Waals surface area contributed by atoms with Crippen molar-refractivity contribution in [1.82, 2.24) is 4.98 Å². The standard InChI is InChI=1S/C17H17ClFN3O4S/c1-9-12(5-6-14(18)20-9)22-15-11(19)7-10(21-27(4,24)25)8-13(15)26-17(2,3)16(22)23/h5-8,21H,1-4H3. The highest BCUT2D eigenvalue weighted by Gasteiger charge is 2.44. The number of carbonyl (C=O) groups is 1. The number of benzene rings is 1. The first-order chi connectivity index (χ1) is 12.4. The van der Waals surface area contributed by atoms with E-state index in [9.17, 15) is 17.6 Å². The highest BCUT2D eigenvalue weighted by atomic mass is 35.5. The zero-order chi connectivity index (χ0) is 20.1. The van der Waals surface area contributed by atoms with E-state index < -0.39 is 27.3 Å². The molecule has 7 nitrogen and oxygen atoms in total. The molecule has 0 saturated heterocycles. The van der Waals surface area contributed by atoms with Crippen LogP contribution in [0.1, 0.15) is 19.5 Å². The molecule has 2 aromatic rings. The lowest BCUT2D eigenvalue weighted by atomic mass is 10.0. The number of aryl methyl sites for hydroxylation is 1. The maximum atomic E-state index is 14.9. The van der Waals surface area contributed by atoms with Gasteiger partial charge >= 0.3 is 0 Å². The van der Waals surface area contributed by atoms with Gasteiger partial charge in [0.15, 0.2) is 11.4 Å². The van der Waals surface area contributed by atoms with E-state index in [0.717, 1.165) is 12.3 Å². The van der Waals surface area contributed by atoms with Crippen LogP contribution in [0.25, 0.3) is 0 Å². The number of pyridine rings is 1. The first-order valence-corrected chi connectivity index (χ1v) is 10.1. The summed E-state index contributed by atoms with van der Waals surface area (Å²) in [6.45, 7) is 4.73. The number of anilines is 3. The Morgan fingerprint density at radius 3 is 2.56 bits per heavy atom. The van der Waals surface area contributed by atoms with Gasteiger partial charge in [0.2, 0.25) is 10.0 Å². The van der Waals surface area contributed by atoms with Gasteiger partial charge in [-0.25, -0.2) is 17.8 Å². The number of sulfonamides is 1. The largest absolute Gasteiger partial charge is 0.476 e. The molecule has 1 aromatic heterocycles. The molecule has 1 amide bonds. The maximum absolute atomic E-state index is 14.9. The molecule has 0 unspecified atom stereocenters. The van der Waals surface area contributed by atoms with E-state index >= 15 is 0 Å². The Labute approximate surface area is 161 Å². The van der Waals surface area contributed by atoms with Crippen molar-refractivity contribution in [2.75, 3.05) is 15.9 Å². The number of ether oxygens (including phenoxy) is 1. The molecule has 0 aliphatic carbocycles. The van der Waals surface area contributed by atoms with Gasteiger partial charge in [-0.05, 0) is 32.9 Å². The zero-order valence-corrected chi connectivity index (χ0v) is 16.6. The molecular weight excluding hydrogens is 397 g/mol. The second kappa shape index (κ2) is 6.35. The Balaban J connectivity index is 2.23. The van der Waals surface area contributed by atoms with Crippen molar-refractivity contribution in [1.29, 1.82) is 0 Å². The van der Waals surface area contributed by atoms with Crippen molar-refractivity contribution in [2.45, 2.75) is 26.4 Å². The topological polar surface area (TPSA) is 88.6 Å². The molecule has 0 fully saturated rings. The average molecular weight is 414 g/mol. The number of rotatable bonds is 3. The summed E-state index contributed by atoms with van der Waals surface area (Å²) in [5.41, 5.74) is -0.660. The molecule has 0 saturated carbocycles. The van der Waals surface area contributed by atoms with Crippen molar-refractivity contribution in [3.05, 3.63) is 40.9 Å². The third kappa shape index (κ3) is 3.70. The average Bonchev–Trinajstić information content (AvgIpc) is 2.48. The van der Waals surface area contributed by atoms with Gasteiger partial charge in [-0.15, -0.1) is 0 Å². The summed E-state index contributed by atoms with van der Waals surface area (Å²) in [4.78, 5) is 18.3. The fourth-order valence-electron chi connectivity index (χ4n) is 2.82. The second-order valence-corrected chi connectivity index (χ2v) is 8.81. The predicted molar refractivity (Wildman–Crippen MR) is 101 cm³/mol. The van der Waals surface area contributed by atoms with Gasteiger partial charge in [-0.3, -0.25) is 14.4 Å². The second-order valence-electron chi connectivity index (χ2n) is 6.67. The number of carbonyl (C=O) groups excluding carboxylic acids is 1. The molecule has 0 bridgehead atoms. The molecule has 1 aromatic carbocycles. The van der Waals surface area contributed by atoms with E-state index in [1.165, 1.54) is 17.0 Å². The van der Waals surface area contributed by atoms with Gasteiger partial charge in [0.05, 0.1) is 23.3 Å². The van der Waals surface area contributed by atoms with Crippen LogP contribution in [0, 0.1) is 12.7 Å². The summed E-state index contributed by atoms with van der Waals surface area (Å²) >= 11 is 5.88. The third-order valence-electron chi connectivity index (χ3n) is 3.90. The van der Waals surface area contributed by atoms with E-state index in [4.69, 9.17) is 16.3 Å². The zero-order valence-electron chi connectivity index (χ0n) is 15.0. The SMILES string of the molecule is Cc1nc(Cl)ccc1N1C(=O)C(C)(C)Oc2cc(NS(C)(=O)=O)cc(F)c21. The molecule has 0 spiro atoms. The van der Waals surface area contributed by atoms with E-state index in [-0.39, 0.29) is 22.3 Å². The summed E-state index contributed by atoms with van der Waals surface area (Å²) in [7, 11) is -3.61. The lowest BCUT2D eigenvalue weighted by Gasteiger charge is -2.39. The van der Waals surface area contributed by atoms with Crippen LogP contribution in [-0.2, 0) is 14.8 Å². The van der Waals surface area contributed by atoms with Gasteiger partial charge in [0.25, 0.3) is 5.91 Å². The normalized spacial score (nSPS) is 15.9. The maximum Gasteiger partial charge on any atom is 0.275 e. The van der Waals surface area contributed by atoms with Gasteiger partial charge in [-0.2, -0.15) is 0 Å². The summed E-state index contributed by atoms with van der Waals surface area (Å²) in [6.07, 6.45) is 0.952. The smallest absolute Gasteiger partial charge is 0.275 e. The van der Waals surface area contributed by atoms with Crippen LogP contribution < -0.4 is 14.4 Å². The molecule has 0 atom stereocenters. The van der Waals surface area contributed by atoms with Crippen molar-refractivity contribution >= 4 is 44.6 Å². The Bertz CT molecular complexity index is 1060. The van der Waals surface area contributed by atoms with Crippen molar-refractivity contribution in [2.24, 2.45) is 0 Å². The van der Waals surface area contributed by atoms with Crippen LogP contribution in [0.4, 0.5) is 21.5 Å². The summed E-state index contributed by atoms with van der Waals surface area (Å²) in [5, 5.41) is 0.240. The third-order valence-corrected chi connectivity index (χ3v) is 4.72. The molecule has 27 heavy (non-hydrogen) atoms. The number of fused-ring (bicyclic) bond motifs is 1. The molecule has 1 N–H and O–H groups in total. The lowest BCUT2D eigenvalue weighted by Crippen LogP contribution is -2.51. The van der Waals surface area contributed by atoms with Crippen LogP contribution in [0.15, 0.2) is 24.3 Å². The molecule has 2 heterocycles. The Hall–Kier alpha value is -2.39. The van der Waals surface area contributed by atoms with Gasteiger partial charge in [0, 0.05) is 12.1 Å². The molecule has 1 aliphatic heterocycles. The summed E-state index contributed by atoms with van der Waals surface area (Å²) < 4.78 is 45.7. The highest BCUT2D eigenvalue weighted by Crippen LogP contribution is 2.45. The van der Waals surface area contributed by atoms with Crippen LogP contribution in [0.3, 0.4) is 0 Å². The fourth-order valence-corrected chi connectivity index (χ4v) is 3.56. The number of hydrogen-bond acceptors (Lipinski definition) is 5. The minimum absolute atomic E-state index is 0.00944. The summed E-state index contributed by atoms with van der Waals surface area (Å²) in [6, 6.07) is 5.38. The van der Waals surface area contributed by atoms with Crippen LogP contribution in [0.5, 0.6) is 5.75 Å². The van der Waals surface area contributed by atoms with Gasteiger partial charge < -0.3 is 4.74 Å². The summed E-state index contributed by atoms with van der Waals surface area (Å²) in [5.74, 6) is -1.29. The highest BCUT2D eigenvalue weighted by molar-refractivity contribution is 7.92. The number of amides is 1.